The number of methoxy groups -OCH3 is 1. The number of ether oxygens (including phenoxy) is 1. The van der Waals surface area contributed by atoms with Crippen molar-refractivity contribution in [3.63, 3.8) is 0 Å². The van der Waals surface area contributed by atoms with E-state index in [4.69, 9.17) is 9.72 Å². The molecule has 2 aromatic carbocycles. The fourth-order valence-corrected chi connectivity index (χ4v) is 5.57. The number of amides is 2. The van der Waals surface area contributed by atoms with Crippen LogP contribution in [0, 0.1) is 0 Å². The van der Waals surface area contributed by atoms with Crippen molar-refractivity contribution in [3.8, 4) is 5.75 Å². The van der Waals surface area contributed by atoms with Crippen molar-refractivity contribution in [2.45, 2.75) is 31.2 Å². The molecule has 3 heterocycles. The van der Waals surface area contributed by atoms with Crippen LogP contribution in [0.4, 0.5) is 5.69 Å². The molecule has 2 unspecified atom stereocenters. The molecule has 3 aromatic rings. The number of carbonyl (C=O) groups excluding carboxylic acids is 2. The lowest BCUT2D eigenvalue weighted by Crippen LogP contribution is -2.46. The van der Waals surface area contributed by atoms with E-state index in [-0.39, 0.29) is 18.2 Å². The summed E-state index contributed by atoms with van der Waals surface area (Å²) in [6.07, 6.45) is 2.28. The van der Waals surface area contributed by atoms with E-state index in [0.717, 1.165) is 36.5 Å². The Labute approximate surface area is 179 Å². The summed E-state index contributed by atoms with van der Waals surface area (Å²) in [5.41, 5.74) is 1.61. The van der Waals surface area contributed by atoms with Gasteiger partial charge in [0, 0.05) is 18.5 Å². The summed E-state index contributed by atoms with van der Waals surface area (Å²) in [4.78, 5) is 34.3. The Hall–Kier alpha value is -2.77. The number of hydrogen-bond acceptors (Lipinski definition) is 6. The molecule has 30 heavy (non-hydrogen) atoms. The molecule has 0 saturated carbocycles. The van der Waals surface area contributed by atoms with Gasteiger partial charge in [0.2, 0.25) is 5.91 Å². The van der Waals surface area contributed by atoms with Gasteiger partial charge < -0.3 is 4.74 Å². The van der Waals surface area contributed by atoms with Crippen molar-refractivity contribution < 1.29 is 14.3 Å². The Bertz CT molecular complexity index is 1080. The third-order valence-electron chi connectivity index (χ3n) is 5.99. The first-order chi connectivity index (χ1) is 14.6. The molecular formula is C23H23N3O3S. The van der Waals surface area contributed by atoms with E-state index in [2.05, 4.69) is 11.0 Å². The number of fused-ring (bicyclic) bond motifs is 1. The Morgan fingerprint density at radius 2 is 2.00 bits per heavy atom. The number of thiazole rings is 1. The van der Waals surface area contributed by atoms with Crippen LogP contribution in [0.5, 0.6) is 5.75 Å². The summed E-state index contributed by atoms with van der Waals surface area (Å²) < 4.78 is 6.45. The van der Waals surface area contributed by atoms with Crippen molar-refractivity contribution >= 4 is 39.1 Å². The molecule has 2 fully saturated rings. The predicted octanol–water partition coefficient (Wildman–Crippen LogP) is 3.82. The monoisotopic (exact) mass is 421 g/mol. The Morgan fingerprint density at radius 1 is 1.13 bits per heavy atom. The molecule has 2 saturated heterocycles. The third-order valence-corrected chi connectivity index (χ3v) is 7.19. The van der Waals surface area contributed by atoms with Crippen LogP contribution < -0.4 is 9.64 Å². The van der Waals surface area contributed by atoms with Gasteiger partial charge in [-0.1, -0.05) is 18.2 Å². The maximum atomic E-state index is 13.2. The van der Waals surface area contributed by atoms with Crippen molar-refractivity contribution in [2.75, 3.05) is 25.1 Å². The standard InChI is InChI=1S/C23H23N3O3S/c1-29-17-8-4-7-16(12-17)26-21(27)13-19(23(26)28)25-11-5-6-15(14-25)22-24-18-9-2-3-10-20(18)30-22/h2-4,7-10,12,15,19H,5-6,11,13-14H2,1H3. The molecule has 6 nitrogen and oxygen atoms in total. The van der Waals surface area contributed by atoms with Crippen LogP contribution in [0.1, 0.15) is 30.2 Å². The second-order valence-corrected chi connectivity index (χ2v) is 8.90. The smallest absolute Gasteiger partial charge is 0.251 e. The van der Waals surface area contributed by atoms with Gasteiger partial charge >= 0.3 is 0 Å². The summed E-state index contributed by atoms with van der Waals surface area (Å²) in [5.74, 6) is 0.633. The number of nitrogens with zero attached hydrogens (tertiary/aromatic N) is 3. The second kappa shape index (κ2) is 7.81. The molecule has 0 bridgehead atoms. The SMILES string of the molecule is COc1cccc(N2C(=O)CC(N3CCCC(c4nc5ccccc5s4)C3)C2=O)c1. The molecule has 154 valence electrons. The summed E-state index contributed by atoms with van der Waals surface area (Å²) in [7, 11) is 1.57. The van der Waals surface area contributed by atoms with Gasteiger partial charge in [0.25, 0.3) is 5.91 Å². The van der Waals surface area contributed by atoms with Gasteiger partial charge in [0.1, 0.15) is 5.75 Å². The van der Waals surface area contributed by atoms with Gasteiger partial charge in [0.15, 0.2) is 0 Å². The van der Waals surface area contributed by atoms with Crippen molar-refractivity contribution in [1.29, 1.82) is 0 Å². The Balaban J connectivity index is 1.36. The highest BCUT2D eigenvalue weighted by Crippen LogP contribution is 2.35. The maximum Gasteiger partial charge on any atom is 0.251 e. The van der Waals surface area contributed by atoms with Crippen LogP contribution in [-0.4, -0.2) is 47.9 Å². The number of imide groups is 1. The van der Waals surface area contributed by atoms with E-state index in [9.17, 15) is 9.59 Å². The zero-order valence-electron chi connectivity index (χ0n) is 16.8. The molecule has 2 amide bonds. The van der Waals surface area contributed by atoms with E-state index >= 15 is 0 Å². The van der Waals surface area contributed by atoms with E-state index in [1.54, 1.807) is 42.7 Å². The van der Waals surface area contributed by atoms with Crippen LogP contribution in [0.2, 0.25) is 0 Å². The summed E-state index contributed by atoms with van der Waals surface area (Å²) in [5, 5.41) is 1.13. The first-order valence-corrected chi connectivity index (χ1v) is 11.1. The first kappa shape index (κ1) is 19.2. The van der Waals surface area contributed by atoms with E-state index < -0.39 is 6.04 Å². The van der Waals surface area contributed by atoms with Crippen molar-refractivity contribution in [3.05, 3.63) is 53.5 Å². The van der Waals surface area contributed by atoms with Crippen molar-refractivity contribution in [1.82, 2.24) is 9.88 Å². The van der Waals surface area contributed by atoms with Gasteiger partial charge in [-0.2, -0.15) is 0 Å². The molecule has 0 aliphatic carbocycles. The number of carbonyl (C=O) groups is 2. The molecule has 2 aliphatic rings. The molecule has 7 heteroatoms. The highest BCUT2D eigenvalue weighted by molar-refractivity contribution is 7.18. The minimum Gasteiger partial charge on any atom is -0.497 e. The van der Waals surface area contributed by atoms with Gasteiger partial charge in [-0.15, -0.1) is 11.3 Å². The number of para-hydroxylation sites is 1. The number of piperidine rings is 1. The summed E-state index contributed by atoms with van der Waals surface area (Å²) >= 11 is 1.74. The first-order valence-electron chi connectivity index (χ1n) is 10.2. The van der Waals surface area contributed by atoms with Crippen LogP contribution >= 0.6 is 11.3 Å². The minimum absolute atomic E-state index is 0.141. The van der Waals surface area contributed by atoms with Crippen molar-refractivity contribution in [2.24, 2.45) is 0 Å². The number of aromatic nitrogens is 1. The van der Waals surface area contributed by atoms with Crippen LogP contribution in [-0.2, 0) is 9.59 Å². The van der Waals surface area contributed by atoms with Crippen LogP contribution in [0.3, 0.4) is 0 Å². The van der Waals surface area contributed by atoms with Crippen LogP contribution in [0.25, 0.3) is 10.2 Å². The molecule has 0 radical (unpaired) electrons. The normalized spacial score (nSPS) is 22.8. The van der Waals surface area contributed by atoms with Gasteiger partial charge in [-0.3, -0.25) is 14.5 Å². The third kappa shape index (κ3) is 3.38. The van der Waals surface area contributed by atoms with Gasteiger partial charge in [-0.05, 0) is 43.7 Å². The molecule has 5 rings (SSSR count). The molecular weight excluding hydrogens is 398 g/mol. The second-order valence-electron chi connectivity index (χ2n) is 7.84. The van der Waals surface area contributed by atoms with Gasteiger partial charge in [0.05, 0.1) is 40.5 Å². The zero-order chi connectivity index (χ0) is 20.7. The van der Waals surface area contributed by atoms with Crippen LogP contribution in [0.15, 0.2) is 48.5 Å². The number of rotatable bonds is 4. The Kier molecular flexibility index (Phi) is 5.00. The lowest BCUT2D eigenvalue weighted by molar-refractivity contribution is -0.123. The number of hydrogen-bond donors (Lipinski definition) is 0. The fraction of sp³-hybridized carbons (Fsp3) is 0.348. The highest BCUT2D eigenvalue weighted by Gasteiger charge is 2.44. The lowest BCUT2D eigenvalue weighted by Gasteiger charge is -2.34. The van der Waals surface area contributed by atoms with E-state index in [1.165, 1.54) is 9.60 Å². The van der Waals surface area contributed by atoms with Gasteiger partial charge in [-0.25, -0.2) is 9.88 Å². The Morgan fingerprint density at radius 3 is 2.83 bits per heavy atom. The molecule has 0 N–H and O–H groups in total. The average molecular weight is 422 g/mol. The fourth-order valence-electron chi connectivity index (χ4n) is 4.48. The van der Waals surface area contributed by atoms with E-state index in [0.29, 0.717) is 17.4 Å². The molecule has 2 atom stereocenters. The topological polar surface area (TPSA) is 62.7 Å². The van der Waals surface area contributed by atoms with E-state index in [1.807, 2.05) is 18.2 Å². The largest absolute Gasteiger partial charge is 0.497 e. The zero-order valence-corrected chi connectivity index (χ0v) is 17.6. The number of likely N-dealkylation sites (tertiary alicyclic amines) is 1. The maximum absolute atomic E-state index is 13.2. The number of benzene rings is 2. The molecule has 2 aliphatic heterocycles. The minimum atomic E-state index is -0.402. The quantitative estimate of drug-likeness (QED) is 0.600. The molecule has 1 aromatic heterocycles. The predicted molar refractivity (Wildman–Crippen MR) is 117 cm³/mol. The average Bonchev–Trinajstić information content (AvgIpc) is 3.34. The summed E-state index contributed by atoms with van der Waals surface area (Å²) in [6.45, 7) is 1.59. The number of anilines is 1. The summed E-state index contributed by atoms with van der Waals surface area (Å²) in [6, 6.07) is 14.9. The highest BCUT2D eigenvalue weighted by atomic mass is 32.1. The lowest BCUT2D eigenvalue weighted by atomic mass is 9.97. The molecule has 0 spiro atoms.